The highest BCUT2D eigenvalue weighted by atomic mass is 32.2. The van der Waals surface area contributed by atoms with Gasteiger partial charge in [-0.3, -0.25) is 0 Å². The van der Waals surface area contributed by atoms with E-state index < -0.39 is 27.6 Å². The second-order valence-electron chi connectivity index (χ2n) is 4.75. The summed E-state index contributed by atoms with van der Waals surface area (Å²) in [5.41, 5.74) is -0.251. The van der Waals surface area contributed by atoms with E-state index in [0.717, 1.165) is 18.4 Å². The molecule has 0 fully saturated rings. The molecule has 1 aromatic carbocycles. The van der Waals surface area contributed by atoms with E-state index in [0.29, 0.717) is 12.1 Å². The minimum atomic E-state index is -4.39. The lowest BCUT2D eigenvalue weighted by Crippen LogP contribution is -2.37. The van der Waals surface area contributed by atoms with Gasteiger partial charge in [0.15, 0.2) is 0 Å². The smallest absolute Gasteiger partial charge is 0.313 e. The van der Waals surface area contributed by atoms with Gasteiger partial charge in [0.05, 0.1) is 11.3 Å². The molecule has 1 aromatic rings. The molecule has 3 nitrogen and oxygen atoms in total. The molecule has 0 amide bonds. The third kappa shape index (κ3) is 5.92. The third-order valence-electron chi connectivity index (χ3n) is 2.73. The fourth-order valence-electron chi connectivity index (χ4n) is 2.00. The molecule has 0 bridgehead atoms. The van der Waals surface area contributed by atoms with E-state index in [4.69, 9.17) is 0 Å². The van der Waals surface area contributed by atoms with Gasteiger partial charge in [-0.05, 0) is 24.6 Å². The number of alkyl halides is 3. The molecule has 0 aliphatic carbocycles. The number of rotatable bonds is 6. The molecular weight excluding hydrogens is 291 g/mol. The topological polar surface area (TPSA) is 46.2 Å². The van der Waals surface area contributed by atoms with Crippen molar-refractivity contribution in [3.05, 3.63) is 35.4 Å². The first-order valence-electron chi connectivity index (χ1n) is 6.19. The molecule has 114 valence electrons. The van der Waals surface area contributed by atoms with Gasteiger partial charge in [-0.2, -0.15) is 13.2 Å². The predicted octanol–water partition coefficient (Wildman–Crippen LogP) is 2.27. The second-order valence-corrected chi connectivity index (χ2v) is 6.93. The molecule has 20 heavy (non-hydrogen) atoms. The summed E-state index contributed by atoms with van der Waals surface area (Å²) in [7, 11) is -3.19. The van der Waals surface area contributed by atoms with Crippen LogP contribution in [0.4, 0.5) is 13.2 Å². The Bertz CT molecular complexity index is 541. The molecule has 1 unspecified atom stereocenters. The number of halogens is 3. The molecule has 0 aromatic heterocycles. The van der Waals surface area contributed by atoms with Gasteiger partial charge in [-0.15, -0.1) is 0 Å². The Kier molecular flexibility index (Phi) is 5.59. The quantitative estimate of drug-likeness (QED) is 0.877. The van der Waals surface area contributed by atoms with E-state index in [2.05, 4.69) is 5.32 Å². The van der Waals surface area contributed by atoms with E-state index in [1.807, 2.05) is 6.92 Å². The molecule has 7 heteroatoms. The Balaban J connectivity index is 2.88. The van der Waals surface area contributed by atoms with Crippen LogP contribution in [0.1, 0.15) is 18.1 Å². The molecule has 1 N–H and O–H groups in total. The maximum absolute atomic E-state index is 12.6. The van der Waals surface area contributed by atoms with Gasteiger partial charge in [0, 0.05) is 12.3 Å². The minimum absolute atomic E-state index is 0.100. The molecular formula is C13H18F3NO2S. The van der Waals surface area contributed by atoms with Gasteiger partial charge in [0.25, 0.3) is 0 Å². The zero-order chi connectivity index (χ0) is 15.4. The number of benzene rings is 1. The summed E-state index contributed by atoms with van der Waals surface area (Å²) in [5, 5.41) is 2.99. The van der Waals surface area contributed by atoms with E-state index in [-0.39, 0.29) is 12.2 Å². The highest BCUT2D eigenvalue weighted by Gasteiger charge is 2.30. The van der Waals surface area contributed by atoms with Crippen molar-refractivity contribution in [2.24, 2.45) is 0 Å². The van der Waals surface area contributed by atoms with Crippen molar-refractivity contribution in [2.75, 3.05) is 18.6 Å². The lowest BCUT2D eigenvalue weighted by molar-refractivity contribution is -0.137. The number of likely N-dealkylation sites (N-methyl/N-ethyl adjacent to an activating group) is 1. The number of hydrogen-bond donors (Lipinski definition) is 1. The highest BCUT2D eigenvalue weighted by molar-refractivity contribution is 7.90. The molecule has 0 aliphatic rings. The average molecular weight is 309 g/mol. The van der Waals surface area contributed by atoms with Gasteiger partial charge in [0.1, 0.15) is 9.84 Å². The summed E-state index contributed by atoms with van der Waals surface area (Å²) in [4.78, 5) is 0. The molecule has 0 spiro atoms. The SMILES string of the molecule is CCNC(Cc1cccc(C(F)(F)F)c1)CS(C)(=O)=O. The number of sulfone groups is 1. The summed E-state index contributed by atoms with van der Waals surface area (Å²) >= 11 is 0. The van der Waals surface area contributed by atoms with E-state index in [1.54, 1.807) is 6.07 Å². The lowest BCUT2D eigenvalue weighted by Gasteiger charge is -2.17. The van der Waals surface area contributed by atoms with Crippen molar-refractivity contribution in [3.8, 4) is 0 Å². The first-order valence-corrected chi connectivity index (χ1v) is 8.25. The fraction of sp³-hybridized carbons (Fsp3) is 0.538. The van der Waals surface area contributed by atoms with Gasteiger partial charge < -0.3 is 5.32 Å². The monoisotopic (exact) mass is 309 g/mol. The molecule has 0 heterocycles. The van der Waals surface area contributed by atoms with Crippen LogP contribution in [0.25, 0.3) is 0 Å². The van der Waals surface area contributed by atoms with Gasteiger partial charge in [-0.25, -0.2) is 8.42 Å². The zero-order valence-electron chi connectivity index (χ0n) is 11.4. The Hall–Kier alpha value is -1.08. The van der Waals surface area contributed by atoms with Crippen LogP contribution in [0.2, 0.25) is 0 Å². The van der Waals surface area contributed by atoms with Crippen LogP contribution in [0.15, 0.2) is 24.3 Å². The summed E-state index contributed by atoms with van der Waals surface area (Å²) in [6.45, 7) is 2.38. The van der Waals surface area contributed by atoms with Crippen LogP contribution in [0.3, 0.4) is 0 Å². The first-order chi connectivity index (χ1) is 9.12. The standard InChI is InChI=1S/C13H18F3NO2S/c1-3-17-12(9-20(2,18)19)8-10-5-4-6-11(7-10)13(14,15)16/h4-7,12,17H,3,8-9H2,1-2H3. The normalized spacial score (nSPS) is 14.2. The first kappa shape index (κ1) is 17.0. The second kappa shape index (κ2) is 6.58. The number of hydrogen-bond acceptors (Lipinski definition) is 3. The number of nitrogens with one attached hydrogen (secondary N) is 1. The van der Waals surface area contributed by atoms with Gasteiger partial charge in [0.2, 0.25) is 0 Å². The van der Waals surface area contributed by atoms with Crippen LogP contribution in [0, 0.1) is 0 Å². The van der Waals surface area contributed by atoms with Crippen LogP contribution >= 0.6 is 0 Å². The molecule has 1 atom stereocenters. The van der Waals surface area contributed by atoms with Crippen LogP contribution in [0.5, 0.6) is 0 Å². The summed E-state index contributed by atoms with van der Waals surface area (Å²) in [6, 6.07) is 4.58. The van der Waals surface area contributed by atoms with Crippen molar-refractivity contribution in [1.29, 1.82) is 0 Å². The molecule has 0 saturated heterocycles. The van der Waals surface area contributed by atoms with Crippen LogP contribution < -0.4 is 5.32 Å². The van der Waals surface area contributed by atoms with Gasteiger partial charge >= 0.3 is 6.18 Å². The Morgan fingerprint density at radius 3 is 2.45 bits per heavy atom. The third-order valence-corrected chi connectivity index (χ3v) is 3.74. The summed E-state index contributed by atoms with van der Waals surface area (Å²) in [6.07, 6.45) is -3.03. The van der Waals surface area contributed by atoms with Crippen LogP contribution in [-0.2, 0) is 22.4 Å². The molecule has 1 rings (SSSR count). The Labute approximate surface area is 117 Å². The van der Waals surface area contributed by atoms with E-state index >= 15 is 0 Å². The van der Waals surface area contributed by atoms with Crippen molar-refractivity contribution >= 4 is 9.84 Å². The molecule has 0 aliphatic heterocycles. The highest BCUT2D eigenvalue weighted by Crippen LogP contribution is 2.29. The van der Waals surface area contributed by atoms with Crippen molar-refractivity contribution in [3.63, 3.8) is 0 Å². The van der Waals surface area contributed by atoms with Crippen molar-refractivity contribution in [2.45, 2.75) is 25.6 Å². The van der Waals surface area contributed by atoms with Gasteiger partial charge in [-0.1, -0.05) is 25.1 Å². The molecule has 0 saturated carbocycles. The fourth-order valence-corrected chi connectivity index (χ4v) is 2.97. The molecule has 0 radical (unpaired) electrons. The van der Waals surface area contributed by atoms with Crippen LogP contribution in [-0.4, -0.2) is 33.0 Å². The van der Waals surface area contributed by atoms with Crippen molar-refractivity contribution in [1.82, 2.24) is 5.32 Å². The summed E-state index contributed by atoms with van der Waals surface area (Å²) in [5.74, 6) is -0.100. The maximum Gasteiger partial charge on any atom is 0.416 e. The van der Waals surface area contributed by atoms with E-state index in [1.165, 1.54) is 6.07 Å². The zero-order valence-corrected chi connectivity index (χ0v) is 12.2. The maximum atomic E-state index is 12.6. The Morgan fingerprint density at radius 2 is 1.95 bits per heavy atom. The summed E-state index contributed by atoms with van der Waals surface area (Å²) < 4.78 is 60.5. The average Bonchev–Trinajstić information content (AvgIpc) is 2.26. The van der Waals surface area contributed by atoms with E-state index in [9.17, 15) is 21.6 Å². The largest absolute Gasteiger partial charge is 0.416 e. The lowest BCUT2D eigenvalue weighted by atomic mass is 10.0. The predicted molar refractivity (Wildman–Crippen MR) is 72.3 cm³/mol. The Morgan fingerprint density at radius 1 is 1.30 bits per heavy atom. The minimum Gasteiger partial charge on any atom is -0.313 e. The van der Waals surface area contributed by atoms with Crippen molar-refractivity contribution < 1.29 is 21.6 Å².